The van der Waals surface area contributed by atoms with Gasteiger partial charge in [0.1, 0.15) is 5.56 Å². The summed E-state index contributed by atoms with van der Waals surface area (Å²) in [7, 11) is 0. The highest BCUT2D eigenvalue weighted by molar-refractivity contribution is 6.46. The summed E-state index contributed by atoms with van der Waals surface area (Å²) in [5.74, 6) is -4.91. The summed E-state index contributed by atoms with van der Waals surface area (Å²) in [6.07, 6.45) is 1.47. The van der Waals surface area contributed by atoms with Crippen molar-refractivity contribution in [2.45, 2.75) is 33.6 Å². The van der Waals surface area contributed by atoms with Gasteiger partial charge in [0.25, 0.3) is 0 Å². The van der Waals surface area contributed by atoms with Gasteiger partial charge in [-0.2, -0.15) is 0 Å². The van der Waals surface area contributed by atoms with E-state index < -0.39 is 29.2 Å². The van der Waals surface area contributed by atoms with Crippen LogP contribution in [0.4, 0.5) is 0 Å². The summed E-state index contributed by atoms with van der Waals surface area (Å²) in [5.41, 5.74) is -0.433. The Balaban J connectivity index is 3.12. The fourth-order valence-corrected chi connectivity index (χ4v) is 2.39. The second-order valence-electron chi connectivity index (χ2n) is 5.96. The highest BCUT2D eigenvalue weighted by Gasteiger charge is 2.28. The molecule has 6 nitrogen and oxygen atoms in total. The number of rotatable bonds is 6. The van der Waals surface area contributed by atoms with Crippen molar-refractivity contribution >= 4 is 52.7 Å². The van der Waals surface area contributed by atoms with Gasteiger partial charge < -0.3 is 14.6 Å². The molecule has 138 valence electrons. The highest BCUT2D eigenvalue weighted by Crippen LogP contribution is 2.40. The fourth-order valence-electron chi connectivity index (χ4n) is 1.67. The molecule has 25 heavy (non-hydrogen) atoms. The molecule has 0 saturated carbocycles. The molecule has 0 spiro atoms. The van der Waals surface area contributed by atoms with Crippen molar-refractivity contribution in [1.82, 2.24) is 0 Å². The second kappa shape index (κ2) is 8.74. The summed E-state index contributed by atoms with van der Waals surface area (Å²) in [6.45, 7) is 6.14. The first kappa shape index (κ1) is 21.5. The van der Waals surface area contributed by atoms with Crippen molar-refractivity contribution < 1.29 is 29.0 Å². The van der Waals surface area contributed by atoms with Crippen molar-refractivity contribution in [3.8, 4) is 5.75 Å². The zero-order chi connectivity index (χ0) is 19.4. The second-order valence-corrected chi connectivity index (χ2v) is 7.15. The number of benzene rings is 1. The molecule has 1 aromatic carbocycles. The zero-order valence-corrected chi connectivity index (χ0v) is 16.1. The Bertz CT molecular complexity index is 700. The predicted octanol–water partition coefficient (Wildman–Crippen LogP) is 4.62. The van der Waals surface area contributed by atoms with E-state index in [1.54, 1.807) is 0 Å². The Hall–Kier alpha value is -1.50. The smallest absolute Gasteiger partial charge is 0.422 e. The average molecular weight is 412 g/mol. The third kappa shape index (κ3) is 5.76. The van der Waals surface area contributed by atoms with Gasteiger partial charge in [-0.1, -0.05) is 62.0 Å². The Labute approximate surface area is 159 Å². The Morgan fingerprint density at radius 2 is 1.76 bits per heavy atom. The Morgan fingerprint density at radius 1 is 1.16 bits per heavy atom. The van der Waals surface area contributed by atoms with Crippen LogP contribution in [0.5, 0.6) is 5.75 Å². The quantitative estimate of drug-likeness (QED) is 0.318. The Kier molecular flexibility index (Phi) is 7.53. The third-order valence-electron chi connectivity index (χ3n) is 3.67. The van der Waals surface area contributed by atoms with Gasteiger partial charge in [0.15, 0.2) is 5.75 Å². The summed E-state index contributed by atoms with van der Waals surface area (Å²) >= 11 is 17.8. The van der Waals surface area contributed by atoms with Crippen LogP contribution in [0.25, 0.3) is 0 Å². The van der Waals surface area contributed by atoms with E-state index in [1.165, 1.54) is 0 Å². The summed E-state index contributed by atoms with van der Waals surface area (Å²) in [6, 6.07) is 1.13. The molecule has 0 fully saturated rings. The van der Waals surface area contributed by atoms with E-state index in [2.05, 4.69) is 4.74 Å². The van der Waals surface area contributed by atoms with E-state index in [4.69, 9.17) is 44.6 Å². The number of ether oxygens (including phenoxy) is 2. The van der Waals surface area contributed by atoms with E-state index in [9.17, 15) is 14.4 Å². The van der Waals surface area contributed by atoms with Crippen molar-refractivity contribution in [3.05, 3.63) is 26.7 Å². The lowest BCUT2D eigenvalue weighted by Gasteiger charge is -2.22. The molecule has 0 radical (unpaired) electrons. The lowest BCUT2D eigenvalue weighted by molar-refractivity contribution is -0.158. The van der Waals surface area contributed by atoms with E-state index in [0.29, 0.717) is 6.42 Å². The third-order valence-corrected chi connectivity index (χ3v) is 4.74. The maximum Gasteiger partial charge on any atom is 0.422 e. The van der Waals surface area contributed by atoms with E-state index in [0.717, 1.165) is 12.5 Å². The van der Waals surface area contributed by atoms with Gasteiger partial charge >= 0.3 is 17.9 Å². The molecule has 0 aliphatic heterocycles. The first-order valence-corrected chi connectivity index (χ1v) is 8.43. The molecule has 9 heteroatoms. The van der Waals surface area contributed by atoms with Crippen LogP contribution in [0.15, 0.2) is 6.07 Å². The molecule has 1 rings (SSSR count). The topological polar surface area (TPSA) is 89.9 Å². The van der Waals surface area contributed by atoms with Gasteiger partial charge in [-0.25, -0.2) is 14.4 Å². The van der Waals surface area contributed by atoms with Crippen LogP contribution in [-0.4, -0.2) is 29.6 Å². The molecule has 0 amide bonds. The number of hydrogen-bond donors (Lipinski definition) is 1. The van der Waals surface area contributed by atoms with Crippen LogP contribution in [0, 0.1) is 5.41 Å². The minimum atomic E-state index is -1.86. The summed E-state index contributed by atoms with van der Waals surface area (Å²) in [4.78, 5) is 34.3. The molecule has 0 atom stereocenters. The number of aliphatic carboxylic acids is 1. The average Bonchev–Trinajstić information content (AvgIpc) is 2.52. The van der Waals surface area contributed by atoms with Gasteiger partial charge in [0.2, 0.25) is 0 Å². The first-order valence-electron chi connectivity index (χ1n) is 7.30. The number of hydrogen-bond acceptors (Lipinski definition) is 5. The van der Waals surface area contributed by atoms with Crippen LogP contribution in [0.1, 0.15) is 44.0 Å². The van der Waals surface area contributed by atoms with Crippen molar-refractivity contribution in [3.63, 3.8) is 0 Å². The monoisotopic (exact) mass is 410 g/mol. The standard InChI is InChI=1S/C16H17Cl3O6/c1-4-16(2,3)5-6-24-14(22)10-11(19)8(17)7-9(18)12(10)25-15(23)13(20)21/h7H,4-6H2,1-3H3,(H,20,21). The van der Waals surface area contributed by atoms with Crippen molar-refractivity contribution in [1.29, 1.82) is 0 Å². The van der Waals surface area contributed by atoms with Crippen LogP contribution in [-0.2, 0) is 14.3 Å². The maximum absolute atomic E-state index is 12.4. The lowest BCUT2D eigenvalue weighted by Crippen LogP contribution is -2.22. The molecule has 0 saturated heterocycles. The fraction of sp³-hybridized carbons (Fsp3) is 0.438. The molecular weight excluding hydrogens is 395 g/mol. The van der Waals surface area contributed by atoms with Gasteiger partial charge in [-0.3, -0.25) is 0 Å². The molecule has 1 N–H and O–H groups in total. The van der Waals surface area contributed by atoms with E-state index in [-0.39, 0.29) is 27.1 Å². The number of carbonyl (C=O) groups is 3. The lowest BCUT2D eigenvalue weighted by atomic mass is 9.87. The largest absolute Gasteiger partial charge is 0.473 e. The molecule has 0 aliphatic rings. The first-order chi connectivity index (χ1) is 11.5. The van der Waals surface area contributed by atoms with Crippen LogP contribution in [0.3, 0.4) is 0 Å². The predicted molar refractivity (Wildman–Crippen MR) is 93.7 cm³/mol. The van der Waals surface area contributed by atoms with Gasteiger partial charge in [0, 0.05) is 0 Å². The number of carboxylic acid groups (broad SMARTS) is 1. The Morgan fingerprint density at radius 3 is 2.28 bits per heavy atom. The van der Waals surface area contributed by atoms with Crippen molar-refractivity contribution in [2.24, 2.45) is 5.41 Å². The summed E-state index contributed by atoms with van der Waals surface area (Å²) in [5, 5.41) is 8.09. The van der Waals surface area contributed by atoms with Gasteiger partial charge in [-0.05, 0) is 17.9 Å². The summed E-state index contributed by atoms with van der Waals surface area (Å²) < 4.78 is 9.81. The SMILES string of the molecule is CCC(C)(C)CCOC(=O)c1c(Cl)c(Cl)cc(Cl)c1OC(=O)C(=O)O. The molecule has 0 aromatic heterocycles. The molecule has 0 bridgehead atoms. The number of halogens is 3. The number of esters is 2. The molecule has 1 aromatic rings. The van der Waals surface area contributed by atoms with Crippen LogP contribution in [0.2, 0.25) is 15.1 Å². The van der Waals surface area contributed by atoms with Crippen LogP contribution >= 0.6 is 34.8 Å². The van der Waals surface area contributed by atoms with Gasteiger partial charge in [-0.15, -0.1) is 0 Å². The highest BCUT2D eigenvalue weighted by atomic mass is 35.5. The maximum atomic E-state index is 12.4. The van der Waals surface area contributed by atoms with Crippen molar-refractivity contribution in [2.75, 3.05) is 6.61 Å². The molecule has 0 aliphatic carbocycles. The molecule has 0 heterocycles. The molecular formula is C16H17Cl3O6. The zero-order valence-electron chi connectivity index (χ0n) is 13.8. The number of carboxylic acids is 1. The van der Waals surface area contributed by atoms with Gasteiger partial charge in [0.05, 0.1) is 21.7 Å². The number of carbonyl (C=O) groups excluding carboxylic acids is 2. The van der Waals surface area contributed by atoms with E-state index in [1.807, 2.05) is 20.8 Å². The van der Waals surface area contributed by atoms with E-state index >= 15 is 0 Å². The normalized spacial score (nSPS) is 11.1. The minimum Gasteiger partial charge on any atom is -0.473 e. The van der Waals surface area contributed by atoms with Crippen LogP contribution < -0.4 is 4.74 Å². The molecule has 0 unspecified atom stereocenters. The minimum absolute atomic E-state index is 0.0331.